The minimum Gasteiger partial charge on any atom is -0.123 e. The highest BCUT2D eigenvalue weighted by Crippen LogP contribution is 2.41. The summed E-state index contributed by atoms with van der Waals surface area (Å²) in [6.07, 6.45) is 14.1. The third kappa shape index (κ3) is 4.65. The molecule has 4 unspecified atom stereocenters. The van der Waals surface area contributed by atoms with Crippen LogP contribution in [0.3, 0.4) is 0 Å². The van der Waals surface area contributed by atoms with Crippen LogP contribution in [0.4, 0.5) is 0 Å². The molecule has 1 heteroatoms. The normalized spacial score (nSPS) is 40.5. The van der Waals surface area contributed by atoms with Gasteiger partial charge in [0.15, 0.2) is 0 Å². The van der Waals surface area contributed by atoms with Crippen LogP contribution in [0.15, 0.2) is 0 Å². The summed E-state index contributed by atoms with van der Waals surface area (Å²) in [4.78, 5) is 0. The van der Waals surface area contributed by atoms with Gasteiger partial charge in [-0.2, -0.15) is 0 Å². The highest BCUT2D eigenvalue weighted by atomic mass is 35.5. The first kappa shape index (κ1) is 16.7. The zero-order chi connectivity index (χ0) is 14.5. The van der Waals surface area contributed by atoms with Crippen molar-refractivity contribution in [2.45, 2.75) is 90.4 Å². The molecular formula is C19H35Cl. The van der Waals surface area contributed by atoms with E-state index < -0.39 is 0 Å². The van der Waals surface area contributed by atoms with Gasteiger partial charge in [-0.05, 0) is 61.7 Å². The number of halogens is 1. The molecule has 2 aliphatic carbocycles. The van der Waals surface area contributed by atoms with Gasteiger partial charge in [-0.3, -0.25) is 0 Å². The molecule has 0 bridgehead atoms. The Kier molecular flexibility index (Phi) is 6.72. The van der Waals surface area contributed by atoms with Gasteiger partial charge in [-0.1, -0.05) is 52.9 Å². The maximum atomic E-state index is 6.72. The van der Waals surface area contributed by atoms with Crippen molar-refractivity contribution in [2.75, 3.05) is 0 Å². The zero-order valence-corrected chi connectivity index (χ0v) is 14.7. The van der Waals surface area contributed by atoms with E-state index in [9.17, 15) is 0 Å². The lowest BCUT2D eigenvalue weighted by Gasteiger charge is -2.37. The number of rotatable bonds is 5. The Morgan fingerprint density at radius 2 is 1.75 bits per heavy atom. The second-order valence-electron chi connectivity index (χ2n) is 7.98. The van der Waals surface area contributed by atoms with Crippen LogP contribution in [-0.4, -0.2) is 5.38 Å². The molecule has 4 atom stereocenters. The predicted octanol–water partition coefficient (Wildman–Crippen LogP) is 6.66. The molecule has 2 saturated carbocycles. The molecule has 0 nitrogen and oxygen atoms in total. The molecule has 118 valence electrons. The van der Waals surface area contributed by atoms with E-state index in [-0.39, 0.29) is 0 Å². The predicted molar refractivity (Wildman–Crippen MR) is 90.3 cm³/mol. The summed E-state index contributed by atoms with van der Waals surface area (Å²) in [7, 11) is 0. The second-order valence-corrected chi connectivity index (χ2v) is 8.54. The van der Waals surface area contributed by atoms with Gasteiger partial charge >= 0.3 is 0 Å². The van der Waals surface area contributed by atoms with Gasteiger partial charge in [0, 0.05) is 5.38 Å². The van der Waals surface area contributed by atoms with Crippen LogP contribution in [0, 0.1) is 29.6 Å². The van der Waals surface area contributed by atoms with E-state index in [0.717, 1.165) is 29.6 Å². The molecule has 0 heterocycles. The molecule has 20 heavy (non-hydrogen) atoms. The van der Waals surface area contributed by atoms with Crippen molar-refractivity contribution < 1.29 is 0 Å². The first-order valence-corrected chi connectivity index (χ1v) is 9.67. The first-order chi connectivity index (χ1) is 9.60. The molecule has 2 fully saturated rings. The Balaban J connectivity index is 1.75. The Morgan fingerprint density at radius 3 is 2.35 bits per heavy atom. The Morgan fingerprint density at radius 1 is 1.05 bits per heavy atom. The highest BCUT2D eigenvalue weighted by molar-refractivity contribution is 6.20. The number of hydrogen-bond donors (Lipinski definition) is 0. The van der Waals surface area contributed by atoms with Crippen molar-refractivity contribution in [1.29, 1.82) is 0 Å². The van der Waals surface area contributed by atoms with E-state index in [0.29, 0.717) is 5.38 Å². The second kappa shape index (κ2) is 8.06. The molecular weight excluding hydrogens is 264 g/mol. The zero-order valence-electron chi connectivity index (χ0n) is 13.9. The Labute approximate surface area is 132 Å². The monoisotopic (exact) mass is 298 g/mol. The third-order valence-electron chi connectivity index (χ3n) is 6.25. The molecule has 0 spiro atoms. The van der Waals surface area contributed by atoms with Gasteiger partial charge in [0.2, 0.25) is 0 Å². The molecule has 2 rings (SSSR count). The highest BCUT2D eigenvalue weighted by Gasteiger charge is 2.32. The van der Waals surface area contributed by atoms with Gasteiger partial charge < -0.3 is 0 Å². The van der Waals surface area contributed by atoms with Crippen molar-refractivity contribution in [3.05, 3.63) is 0 Å². The van der Waals surface area contributed by atoms with Crippen LogP contribution in [0.2, 0.25) is 0 Å². The summed E-state index contributed by atoms with van der Waals surface area (Å²) >= 11 is 6.72. The lowest BCUT2D eigenvalue weighted by atomic mass is 9.71. The largest absolute Gasteiger partial charge is 0.123 e. The minimum atomic E-state index is 0.463. The Bertz CT molecular complexity index is 267. The molecule has 0 aromatic carbocycles. The van der Waals surface area contributed by atoms with Crippen LogP contribution in [-0.2, 0) is 0 Å². The molecule has 2 aliphatic rings. The molecule has 0 aromatic heterocycles. The van der Waals surface area contributed by atoms with Gasteiger partial charge in [0.05, 0.1) is 0 Å². The molecule has 0 amide bonds. The summed E-state index contributed by atoms with van der Waals surface area (Å²) in [5.41, 5.74) is 0. The summed E-state index contributed by atoms with van der Waals surface area (Å²) in [5, 5.41) is 0.463. The fourth-order valence-electron chi connectivity index (χ4n) is 4.72. The average molecular weight is 299 g/mol. The number of alkyl halides is 1. The van der Waals surface area contributed by atoms with E-state index in [1.807, 2.05) is 0 Å². The van der Waals surface area contributed by atoms with E-state index >= 15 is 0 Å². The summed E-state index contributed by atoms with van der Waals surface area (Å²) in [5.74, 6) is 4.59. The van der Waals surface area contributed by atoms with Crippen LogP contribution < -0.4 is 0 Å². The maximum Gasteiger partial charge on any atom is 0.0367 e. The van der Waals surface area contributed by atoms with E-state index in [4.69, 9.17) is 11.6 Å². The SMILES string of the molecule is CCCC1CCC(CC(C)C2CCC(C)CC2)C(Cl)C1. The molecule has 0 aliphatic heterocycles. The molecule has 0 N–H and O–H groups in total. The van der Waals surface area contributed by atoms with Crippen LogP contribution >= 0.6 is 11.6 Å². The maximum absolute atomic E-state index is 6.72. The van der Waals surface area contributed by atoms with Crippen LogP contribution in [0.5, 0.6) is 0 Å². The fraction of sp³-hybridized carbons (Fsp3) is 1.00. The van der Waals surface area contributed by atoms with Gasteiger partial charge in [0.1, 0.15) is 0 Å². The van der Waals surface area contributed by atoms with Crippen molar-refractivity contribution in [3.8, 4) is 0 Å². The van der Waals surface area contributed by atoms with Crippen molar-refractivity contribution in [2.24, 2.45) is 29.6 Å². The van der Waals surface area contributed by atoms with E-state index in [1.165, 1.54) is 64.2 Å². The van der Waals surface area contributed by atoms with Crippen molar-refractivity contribution in [1.82, 2.24) is 0 Å². The standard InChI is InChI=1S/C19H35Cl/c1-4-5-16-8-11-18(19(20)13-16)12-15(3)17-9-6-14(2)7-10-17/h14-19H,4-13H2,1-3H3. The lowest BCUT2D eigenvalue weighted by Crippen LogP contribution is -2.29. The van der Waals surface area contributed by atoms with Gasteiger partial charge in [-0.25, -0.2) is 0 Å². The third-order valence-corrected chi connectivity index (χ3v) is 6.79. The first-order valence-electron chi connectivity index (χ1n) is 9.24. The van der Waals surface area contributed by atoms with Crippen molar-refractivity contribution >= 4 is 11.6 Å². The van der Waals surface area contributed by atoms with Gasteiger partial charge in [-0.15, -0.1) is 11.6 Å². The molecule has 0 saturated heterocycles. The van der Waals surface area contributed by atoms with Crippen LogP contribution in [0.1, 0.15) is 85.0 Å². The van der Waals surface area contributed by atoms with E-state index in [1.54, 1.807) is 0 Å². The molecule has 0 radical (unpaired) electrons. The minimum absolute atomic E-state index is 0.463. The number of hydrogen-bond acceptors (Lipinski definition) is 0. The summed E-state index contributed by atoms with van der Waals surface area (Å²) < 4.78 is 0. The smallest absolute Gasteiger partial charge is 0.0367 e. The van der Waals surface area contributed by atoms with Crippen molar-refractivity contribution in [3.63, 3.8) is 0 Å². The fourth-order valence-corrected chi connectivity index (χ4v) is 5.20. The van der Waals surface area contributed by atoms with E-state index in [2.05, 4.69) is 20.8 Å². The van der Waals surface area contributed by atoms with Gasteiger partial charge in [0.25, 0.3) is 0 Å². The lowest BCUT2D eigenvalue weighted by molar-refractivity contribution is 0.170. The summed E-state index contributed by atoms with van der Waals surface area (Å²) in [6.45, 7) is 7.23. The molecule has 0 aromatic rings. The topological polar surface area (TPSA) is 0 Å². The van der Waals surface area contributed by atoms with Crippen LogP contribution in [0.25, 0.3) is 0 Å². The summed E-state index contributed by atoms with van der Waals surface area (Å²) in [6, 6.07) is 0. The Hall–Kier alpha value is 0.290. The average Bonchev–Trinajstić information content (AvgIpc) is 2.43. The quantitative estimate of drug-likeness (QED) is 0.498.